The summed E-state index contributed by atoms with van der Waals surface area (Å²) in [6.45, 7) is 4.18. The second-order valence-corrected chi connectivity index (χ2v) is 11.6. The molecule has 0 saturated carbocycles. The van der Waals surface area contributed by atoms with Gasteiger partial charge in [0, 0.05) is 29.3 Å². The van der Waals surface area contributed by atoms with Crippen molar-refractivity contribution in [3.05, 3.63) is 108 Å². The third-order valence-electron chi connectivity index (χ3n) is 5.39. The summed E-state index contributed by atoms with van der Waals surface area (Å²) in [5.74, 6) is 0. The van der Waals surface area contributed by atoms with E-state index in [0.29, 0.717) is 0 Å². The molecule has 0 radical (unpaired) electrons. The van der Waals surface area contributed by atoms with Crippen molar-refractivity contribution in [1.82, 2.24) is 4.57 Å². The molecular weight excluding hydrogens is 419 g/mol. The van der Waals surface area contributed by atoms with Gasteiger partial charge in [0.25, 0.3) is 0 Å². The Bertz CT molecular complexity index is 1290. The van der Waals surface area contributed by atoms with Gasteiger partial charge in [-0.15, -0.1) is 0 Å². The second-order valence-electron chi connectivity index (χ2n) is 7.77. The number of hydrogen-bond donors (Lipinski definition) is 1. The first kappa shape index (κ1) is 19.8. The molecule has 1 N–H and O–H groups in total. The van der Waals surface area contributed by atoms with E-state index < -0.39 is 6.34 Å². The predicted octanol–water partition coefficient (Wildman–Crippen LogP) is 6.00. The van der Waals surface area contributed by atoms with E-state index in [-0.39, 0.29) is 0 Å². The second kappa shape index (κ2) is 7.84. The Hall–Kier alpha value is -3.14. The molecule has 0 spiro atoms. The third-order valence-corrected chi connectivity index (χ3v) is 9.17. The summed E-state index contributed by atoms with van der Waals surface area (Å²) in [5, 5.41) is 9.59. The number of benzene rings is 3. The Balaban J connectivity index is 1.63. The molecule has 4 nitrogen and oxygen atoms in total. The molecule has 1 atom stereocenters. The fraction of sp³-hybridized carbons (Fsp3) is 0.0800. The zero-order valence-electron chi connectivity index (χ0n) is 17.4. The summed E-state index contributed by atoms with van der Waals surface area (Å²) >= 11 is 6.41. The minimum absolute atomic E-state index is 0.982. The Kier molecular flexibility index (Phi) is 5.01. The van der Waals surface area contributed by atoms with E-state index >= 15 is 0 Å². The average Bonchev–Trinajstić information content (AvgIpc) is 3.23. The molecule has 2 heterocycles. The zero-order valence-corrected chi connectivity index (χ0v) is 19.1. The molecule has 1 aromatic heterocycles. The molecular formula is C25H23N4PS. The van der Waals surface area contributed by atoms with Crippen LogP contribution < -0.4 is 15.2 Å². The minimum Gasteiger partial charge on any atom is -0.337 e. The summed E-state index contributed by atoms with van der Waals surface area (Å²) < 4.78 is 4.13. The number of fused-ring (bicyclic) bond motifs is 1. The van der Waals surface area contributed by atoms with Crippen LogP contribution in [0.4, 0.5) is 11.4 Å². The van der Waals surface area contributed by atoms with Crippen LogP contribution in [0.15, 0.2) is 96.4 Å². The Labute approximate surface area is 188 Å². The van der Waals surface area contributed by atoms with Crippen molar-refractivity contribution in [3.63, 3.8) is 0 Å². The lowest BCUT2D eigenvalue weighted by Crippen LogP contribution is -2.30. The highest BCUT2D eigenvalue weighted by Crippen LogP contribution is 2.53. The Morgan fingerprint density at radius 1 is 0.774 bits per heavy atom. The SMILES string of the molecule is Cc1ccc(NP2(=S)c3cn(-c4ccc(C)cc4)cc3C=NN2c2ccccc2)cc1. The first-order chi connectivity index (χ1) is 15.0. The smallest absolute Gasteiger partial charge is 0.173 e. The maximum absolute atomic E-state index is 6.41. The predicted molar refractivity (Wildman–Crippen MR) is 136 cm³/mol. The summed E-state index contributed by atoms with van der Waals surface area (Å²) in [6.07, 6.45) is 3.70. The number of aromatic nitrogens is 1. The number of nitrogens with one attached hydrogen (secondary N) is 1. The van der Waals surface area contributed by atoms with Crippen LogP contribution in [0, 0.1) is 13.8 Å². The Morgan fingerprint density at radius 2 is 1.42 bits per heavy atom. The fourth-order valence-corrected chi connectivity index (χ4v) is 7.17. The van der Waals surface area contributed by atoms with E-state index in [4.69, 9.17) is 16.9 Å². The van der Waals surface area contributed by atoms with Gasteiger partial charge >= 0.3 is 0 Å². The van der Waals surface area contributed by atoms with E-state index in [1.165, 1.54) is 11.1 Å². The van der Waals surface area contributed by atoms with Crippen molar-refractivity contribution in [2.75, 3.05) is 9.87 Å². The van der Waals surface area contributed by atoms with Gasteiger partial charge in [-0.25, -0.2) is 4.78 Å². The lowest BCUT2D eigenvalue weighted by atomic mass is 10.2. The van der Waals surface area contributed by atoms with Gasteiger partial charge in [-0.2, -0.15) is 5.10 Å². The molecule has 1 aliphatic rings. The van der Waals surface area contributed by atoms with Gasteiger partial charge in [0.05, 0.1) is 17.2 Å². The van der Waals surface area contributed by atoms with Crippen LogP contribution in [0.1, 0.15) is 16.7 Å². The molecule has 0 amide bonds. The highest BCUT2D eigenvalue weighted by atomic mass is 32.4. The maximum atomic E-state index is 6.41. The quantitative estimate of drug-likeness (QED) is 0.394. The number of nitrogens with zero attached hydrogens (tertiary/aromatic N) is 3. The molecule has 0 saturated heterocycles. The lowest BCUT2D eigenvalue weighted by molar-refractivity contribution is 1.08. The van der Waals surface area contributed by atoms with E-state index in [1.807, 2.05) is 29.2 Å². The van der Waals surface area contributed by atoms with Crippen molar-refractivity contribution < 1.29 is 0 Å². The van der Waals surface area contributed by atoms with Gasteiger partial charge in [-0.3, -0.25) is 0 Å². The van der Waals surface area contributed by atoms with Gasteiger partial charge in [0.15, 0.2) is 6.34 Å². The van der Waals surface area contributed by atoms with E-state index in [9.17, 15) is 0 Å². The first-order valence-electron chi connectivity index (χ1n) is 10.2. The fourth-order valence-electron chi connectivity index (χ4n) is 3.67. The maximum Gasteiger partial charge on any atom is 0.173 e. The molecule has 3 aromatic carbocycles. The molecule has 6 heteroatoms. The number of hydrogen-bond acceptors (Lipinski definition) is 2. The van der Waals surface area contributed by atoms with Gasteiger partial charge in [-0.05, 0) is 62.1 Å². The molecule has 4 aromatic rings. The van der Waals surface area contributed by atoms with Crippen molar-refractivity contribution in [2.45, 2.75) is 13.8 Å². The van der Waals surface area contributed by atoms with Crippen molar-refractivity contribution >= 4 is 41.0 Å². The van der Waals surface area contributed by atoms with Gasteiger partial charge in [0.1, 0.15) is 0 Å². The average molecular weight is 443 g/mol. The standard InChI is InChI=1S/C25H23N4PS/c1-19-8-12-22(13-9-19)27-30(31)25-18-28(23-14-10-20(2)11-15-23)17-21(25)16-26-29(30)24-6-4-3-5-7-24/h3-18H,1-2H3,(H,27,31). The summed E-state index contributed by atoms with van der Waals surface area (Å²) in [7, 11) is 0. The van der Waals surface area contributed by atoms with Crippen LogP contribution in [-0.2, 0) is 11.8 Å². The van der Waals surface area contributed by atoms with Crippen LogP contribution >= 0.6 is 6.34 Å². The topological polar surface area (TPSA) is 32.6 Å². The van der Waals surface area contributed by atoms with Crippen LogP contribution in [0.2, 0.25) is 0 Å². The van der Waals surface area contributed by atoms with E-state index in [0.717, 1.165) is 27.9 Å². The third kappa shape index (κ3) is 3.71. The summed E-state index contributed by atoms with van der Waals surface area (Å²) in [4.78, 5) is 0. The van der Waals surface area contributed by atoms with E-state index in [1.54, 1.807) is 0 Å². The highest BCUT2D eigenvalue weighted by Gasteiger charge is 2.35. The van der Waals surface area contributed by atoms with Crippen LogP contribution in [0.3, 0.4) is 0 Å². The minimum atomic E-state index is -2.48. The molecule has 5 rings (SSSR count). The van der Waals surface area contributed by atoms with Crippen LogP contribution in [0.25, 0.3) is 5.69 Å². The van der Waals surface area contributed by atoms with Gasteiger partial charge in [-0.1, -0.05) is 53.6 Å². The van der Waals surface area contributed by atoms with Crippen molar-refractivity contribution in [1.29, 1.82) is 0 Å². The number of aryl methyl sites for hydroxylation is 2. The van der Waals surface area contributed by atoms with Crippen LogP contribution in [-0.4, -0.2) is 10.8 Å². The highest BCUT2D eigenvalue weighted by molar-refractivity contribution is 8.19. The molecule has 1 aliphatic heterocycles. The molecule has 0 bridgehead atoms. The summed E-state index contributed by atoms with van der Waals surface area (Å²) in [5.41, 5.74) is 6.60. The number of anilines is 2. The normalized spacial score (nSPS) is 17.4. The lowest BCUT2D eigenvalue weighted by Gasteiger charge is -2.36. The number of hydrazone groups is 1. The van der Waals surface area contributed by atoms with Crippen molar-refractivity contribution in [2.24, 2.45) is 5.10 Å². The molecule has 0 fully saturated rings. The number of rotatable bonds is 4. The first-order valence-corrected chi connectivity index (χ1v) is 12.9. The van der Waals surface area contributed by atoms with Gasteiger partial charge < -0.3 is 9.65 Å². The molecule has 0 aliphatic carbocycles. The molecule has 31 heavy (non-hydrogen) atoms. The largest absolute Gasteiger partial charge is 0.337 e. The van der Waals surface area contributed by atoms with E-state index in [2.05, 4.69) is 96.6 Å². The Morgan fingerprint density at radius 3 is 2.10 bits per heavy atom. The summed E-state index contributed by atoms with van der Waals surface area (Å²) in [6, 6.07) is 27.0. The zero-order chi connectivity index (χ0) is 21.4. The number of para-hydroxylation sites is 1. The van der Waals surface area contributed by atoms with Gasteiger partial charge in [0.2, 0.25) is 0 Å². The monoisotopic (exact) mass is 442 g/mol. The van der Waals surface area contributed by atoms with Crippen LogP contribution in [0.5, 0.6) is 0 Å². The van der Waals surface area contributed by atoms with Crippen molar-refractivity contribution in [3.8, 4) is 5.69 Å². The molecule has 1 unspecified atom stereocenters. The molecule has 154 valence electrons.